The van der Waals surface area contributed by atoms with Crippen LogP contribution in [0.1, 0.15) is 18.9 Å². The minimum Gasteiger partial charge on any atom is -0.481 e. The zero-order valence-electron chi connectivity index (χ0n) is 11.9. The molecular formula is C15H19FN2O3. The van der Waals surface area contributed by atoms with Crippen molar-refractivity contribution in [3.63, 3.8) is 0 Å². The molecule has 0 saturated carbocycles. The van der Waals surface area contributed by atoms with Crippen LogP contribution in [0.4, 0.5) is 4.39 Å². The average molecular weight is 294 g/mol. The van der Waals surface area contributed by atoms with Crippen LogP contribution in [0.3, 0.4) is 0 Å². The lowest BCUT2D eigenvalue weighted by Gasteiger charge is -2.23. The number of nitrogens with one attached hydrogen (secondary N) is 1. The Bertz CT molecular complexity index is 518. The van der Waals surface area contributed by atoms with Crippen LogP contribution >= 0.6 is 0 Å². The van der Waals surface area contributed by atoms with E-state index in [4.69, 9.17) is 5.11 Å². The maximum absolute atomic E-state index is 12.8. The SMILES string of the molecule is CC(C(=O)NCc1ccc(F)cc1)N1CCC(C(=O)O)C1. The molecule has 1 aliphatic rings. The van der Waals surface area contributed by atoms with Crippen LogP contribution in [0.2, 0.25) is 0 Å². The standard InChI is InChI=1S/C15H19FN2O3/c1-10(18-7-6-12(9-18)15(20)21)14(19)17-8-11-2-4-13(16)5-3-11/h2-5,10,12H,6-9H2,1H3,(H,17,19)(H,20,21). The molecule has 6 heteroatoms. The molecule has 1 saturated heterocycles. The van der Waals surface area contributed by atoms with Crippen molar-refractivity contribution in [2.24, 2.45) is 5.92 Å². The van der Waals surface area contributed by atoms with E-state index in [0.29, 0.717) is 26.1 Å². The zero-order chi connectivity index (χ0) is 15.4. The summed E-state index contributed by atoms with van der Waals surface area (Å²) in [6, 6.07) is 5.58. The zero-order valence-corrected chi connectivity index (χ0v) is 11.9. The molecule has 2 unspecified atom stereocenters. The number of benzene rings is 1. The first-order chi connectivity index (χ1) is 9.97. The molecule has 1 aliphatic heterocycles. The number of rotatable bonds is 5. The molecule has 1 aromatic carbocycles. The first-order valence-electron chi connectivity index (χ1n) is 6.96. The molecule has 1 aromatic rings. The molecule has 21 heavy (non-hydrogen) atoms. The van der Waals surface area contributed by atoms with Crippen molar-refractivity contribution in [3.8, 4) is 0 Å². The largest absolute Gasteiger partial charge is 0.481 e. The molecular weight excluding hydrogens is 275 g/mol. The summed E-state index contributed by atoms with van der Waals surface area (Å²) in [5.74, 6) is -1.66. The fraction of sp³-hybridized carbons (Fsp3) is 0.467. The number of carbonyl (C=O) groups is 2. The third kappa shape index (κ3) is 4.01. The van der Waals surface area contributed by atoms with Gasteiger partial charge in [0.25, 0.3) is 0 Å². The van der Waals surface area contributed by atoms with Crippen molar-refractivity contribution in [1.82, 2.24) is 10.2 Å². The minimum atomic E-state index is -0.809. The summed E-state index contributed by atoms with van der Waals surface area (Å²) in [5, 5.41) is 11.8. The first-order valence-corrected chi connectivity index (χ1v) is 6.96. The molecule has 5 nitrogen and oxygen atoms in total. The summed E-state index contributed by atoms with van der Waals surface area (Å²) >= 11 is 0. The third-order valence-corrected chi connectivity index (χ3v) is 3.88. The highest BCUT2D eigenvalue weighted by Gasteiger charge is 2.32. The second-order valence-electron chi connectivity index (χ2n) is 5.34. The van der Waals surface area contributed by atoms with Gasteiger partial charge in [0.2, 0.25) is 5.91 Å². The summed E-state index contributed by atoms with van der Waals surface area (Å²) in [7, 11) is 0. The van der Waals surface area contributed by atoms with E-state index < -0.39 is 11.9 Å². The molecule has 1 heterocycles. The minimum absolute atomic E-state index is 0.148. The van der Waals surface area contributed by atoms with Gasteiger partial charge in [-0.3, -0.25) is 14.5 Å². The molecule has 114 valence electrons. The fourth-order valence-electron chi connectivity index (χ4n) is 2.45. The second kappa shape index (κ2) is 6.67. The fourth-order valence-corrected chi connectivity index (χ4v) is 2.45. The van der Waals surface area contributed by atoms with Crippen LogP contribution in [-0.4, -0.2) is 41.0 Å². The number of nitrogens with zero attached hydrogens (tertiary/aromatic N) is 1. The van der Waals surface area contributed by atoms with Crippen LogP contribution in [0, 0.1) is 11.7 Å². The number of amides is 1. The number of aliphatic carboxylic acids is 1. The molecule has 0 aromatic heterocycles. The monoisotopic (exact) mass is 294 g/mol. The molecule has 1 amide bonds. The van der Waals surface area contributed by atoms with Crippen molar-refractivity contribution in [1.29, 1.82) is 0 Å². The highest BCUT2D eigenvalue weighted by molar-refractivity contribution is 5.81. The molecule has 0 radical (unpaired) electrons. The molecule has 1 fully saturated rings. The lowest BCUT2D eigenvalue weighted by molar-refractivity contribution is -0.141. The predicted molar refractivity (Wildman–Crippen MR) is 75.0 cm³/mol. The van der Waals surface area contributed by atoms with Crippen LogP contribution in [0.15, 0.2) is 24.3 Å². The number of carboxylic acids is 1. The Kier molecular flexibility index (Phi) is 4.90. The van der Waals surface area contributed by atoms with Crippen molar-refractivity contribution in [2.45, 2.75) is 25.9 Å². The quantitative estimate of drug-likeness (QED) is 0.857. The van der Waals surface area contributed by atoms with E-state index >= 15 is 0 Å². The van der Waals surface area contributed by atoms with Gasteiger partial charge in [-0.05, 0) is 37.6 Å². The van der Waals surface area contributed by atoms with Gasteiger partial charge in [-0.25, -0.2) is 4.39 Å². The van der Waals surface area contributed by atoms with E-state index in [1.165, 1.54) is 12.1 Å². The predicted octanol–water partition coefficient (Wildman–Crippen LogP) is 1.24. The third-order valence-electron chi connectivity index (χ3n) is 3.88. The van der Waals surface area contributed by atoms with Gasteiger partial charge in [0.15, 0.2) is 0 Å². The van der Waals surface area contributed by atoms with E-state index in [1.807, 2.05) is 4.90 Å². The Morgan fingerprint density at radius 3 is 2.67 bits per heavy atom. The summed E-state index contributed by atoms with van der Waals surface area (Å²) in [6.45, 7) is 3.12. The Labute approximate surface area is 122 Å². The normalized spacial score (nSPS) is 20.2. The molecule has 2 atom stereocenters. The van der Waals surface area contributed by atoms with Crippen molar-refractivity contribution < 1.29 is 19.1 Å². The van der Waals surface area contributed by atoms with Gasteiger partial charge in [0, 0.05) is 13.1 Å². The van der Waals surface area contributed by atoms with Crippen LogP contribution in [-0.2, 0) is 16.1 Å². The lowest BCUT2D eigenvalue weighted by Crippen LogP contribution is -2.44. The summed E-state index contributed by atoms with van der Waals surface area (Å²) in [6.07, 6.45) is 0.574. The van der Waals surface area contributed by atoms with Gasteiger partial charge < -0.3 is 10.4 Å². The molecule has 2 N–H and O–H groups in total. The highest BCUT2D eigenvalue weighted by atomic mass is 19.1. The van der Waals surface area contributed by atoms with Crippen LogP contribution < -0.4 is 5.32 Å². The lowest BCUT2D eigenvalue weighted by atomic mass is 10.1. The number of hydrogen-bond acceptors (Lipinski definition) is 3. The highest BCUT2D eigenvalue weighted by Crippen LogP contribution is 2.18. The van der Waals surface area contributed by atoms with Crippen LogP contribution in [0.5, 0.6) is 0 Å². The molecule has 0 bridgehead atoms. The van der Waals surface area contributed by atoms with Gasteiger partial charge in [0.05, 0.1) is 12.0 Å². The average Bonchev–Trinajstić information content (AvgIpc) is 2.95. The van der Waals surface area contributed by atoms with E-state index in [-0.39, 0.29) is 17.8 Å². The smallest absolute Gasteiger partial charge is 0.307 e. The van der Waals surface area contributed by atoms with Gasteiger partial charge in [-0.1, -0.05) is 12.1 Å². The number of hydrogen-bond donors (Lipinski definition) is 2. The van der Waals surface area contributed by atoms with E-state index in [1.54, 1.807) is 19.1 Å². The number of likely N-dealkylation sites (tertiary alicyclic amines) is 1. The number of carbonyl (C=O) groups excluding carboxylic acids is 1. The molecule has 0 aliphatic carbocycles. The van der Waals surface area contributed by atoms with E-state index in [0.717, 1.165) is 5.56 Å². The maximum atomic E-state index is 12.8. The second-order valence-corrected chi connectivity index (χ2v) is 5.34. The number of halogens is 1. The number of carboxylic acid groups (broad SMARTS) is 1. The van der Waals surface area contributed by atoms with E-state index in [9.17, 15) is 14.0 Å². The Morgan fingerprint density at radius 2 is 2.10 bits per heavy atom. The van der Waals surface area contributed by atoms with Gasteiger partial charge >= 0.3 is 5.97 Å². The summed E-state index contributed by atoms with van der Waals surface area (Å²) in [4.78, 5) is 24.9. The topological polar surface area (TPSA) is 69.6 Å². The summed E-state index contributed by atoms with van der Waals surface area (Å²) in [5.41, 5.74) is 0.821. The Morgan fingerprint density at radius 1 is 1.43 bits per heavy atom. The van der Waals surface area contributed by atoms with Gasteiger partial charge in [-0.2, -0.15) is 0 Å². The van der Waals surface area contributed by atoms with Crippen LogP contribution in [0.25, 0.3) is 0 Å². The van der Waals surface area contributed by atoms with Crippen molar-refractivity contribution in [2.75, 3.05) is 13.1 Å². The first kappa shape index (κ1) is 15.4. The summed E-state index contributed by atoms with van der Waals surface area (Å²) < 4.78 is 12.8. The van der Waals surface area contributed by atoms with Gasteiger partial charge in [-0.15, -0.1) is 0 Å². The Balaban J connectivity index is 1.83. The maximum Gasteiger partial charge on any atom is 0.307 e. The van der Waals surface area contributed by atoms with Crippen molar-refractivity contribution >= 4 is 11.9 Å². The molecule has 0 spiro atoms. The van der Waals surface area contributed by atoms with Gasteiger partial charge in [0.1, 0.15) is 5.82 Å². The Hall–Kier alpha value is -1.95. The van der Waals surface area contributed by atoms with Crippen molar-refractivity contribution in [3.05, 3.63) is 35.6 Å². The van der Waals surface area contributed by atoms with E-state index in [2.05, 4.69) is 5.32 Å². The molecule has 2 rings (SSSR count).